The Hall–Kier alpha value is -0.640. The van der Waals surface area contributed by atoms with Gasteiger partial charge in [-0.1, -0.05) is 17.7 Å². The summed E-state index contributed by atoms with van der Waals surface area (Å²) in [6.45, 7) is 2.54. The van der Waals surface area contributed by atoms with Crippen LogP contribution in [-0.4, -0.2) is 25.8 Å². The third kappa shape index (κ3) is 3.28. The Morgan fingerprint density at radius 2 is 2.26 bits per heavy atom. The second-order valence-corrected chi connectivity index (χ2v) is 6.28. The van der Waals surface area contributed by atoms with E-state index in [1.165, 1.54) is 25.0 Å². The first-order chi connectivity index (χ1) is 9.17. The summed E-state index contributed by atoms with van der Waals surface area (Å²) in [5.74, 6) is -0.276. The lowest BCUT2D eigenvalue weighted by molar-refractivity contribution is 0.149. The SMILES string of the molecule is Fc1ccc(CC2(CNC3CC3)CCOC2)c(Cl)c1. The first kappa shape index (κ1) is 13.3. The maximum atomic E-state index is 13.1. The van der Waals surface area contributed by atoms with Gasteiger partial charge in [0.25, 0.3) is 0 Å². The smallest absolute Gasteiger partial charge is 0.124 e. The van der Waals surface area contributed by atoms with E-state index in [-0.39, 0.29) is 11.2 Å². The van der Waals surface area contributed by atoms with Crippen LogP contribution >= 0.6 is 11.6 Å². The first-order valence-corrected chi connectivity index (χ1v) is 7.30. The summed E-state index contributed by atoms with van der Waals surface area (Å²) in [6, 6.07) is 5.38. The Bertz CT molecular complexity index is 455. The zero-order chi connectivity index (χ0) is 13.3. The monoisotopic (exact) mass is 283 g/mol. The zero-order valence-electron chi connectivity index (χ0n) is 10.9. The molecule has 2 aliphatic rings. The molecule has 1 aliphatic heterocycles. The maximum absolute atomic E-state index is 13.1. The van der Waals surface area contributed by atoms with Gasteiger partial charge in [0.2, 0.25) is 0 Å². The van der Waals surface area contributed by atoms with Gasteiger partial charge in [0.15, 0.2) is 0 Å². The van der Waals surface area contributed by atoms with Crippen LogP contribution in [-0.2, 0) is 11.2 Å². The molecule has 1 saturated carbocycles. The van der Waals surface area contributed by atoms with Gasteiger partial charge in [-0.15, -0.1) is 0 Å². The Balaban J connectivity index is 1.72. The number of hydrogen-bond acceptors (Lipinski definition) is 2. The number of ether oxygens (including phenoxy) is 1. The lowest BCUT2D eigenvalue weighted by Crippen LogP contribution is -2.37. The Morgan fingerprint density at radius 3 is 2.89 bits per heavy atom. The van der Waals surface area contributed by atoms with Gasteiger partial charge in [-0.2, -0.15) is 0 Å². The summed E-state index contributed by atoms with van der Waals surface area (Å²) in [4.78, 5) is 0. The van der Waals surface area contributed by atoms with Crippen LogP contribution in [0.4, 0.5) is 4.39 Å². The molecule has 2 fully saturated rings. The highest BCUT2D eigenvalue weighted by Crippen LogP contribution is 2.35. The molecule has 1 heterocycles. The molecule has 2 nitrogen and oxygen atoms in total. The van der Waals surface area contributed by atoms with Gasteiger partial charge in [0.05, 0.1) is 6.61 Å². The lowest BCUT2D eigenvalue weighted by atomic mass is 9.80. The van der Waals surface area contributed by atoms with E-state index < -0.39 is 0 Å². The molecule has 1 N–H and O–H groups in total. The van der Waals surface area contributed by atoms with Crippen LogP contribution in [0.1, 0.15) is 24.8 Å². The second-order valence-electron chi connectivity index (χ2n) is 5.87. The highest BCUT2D eigenvalue weighted by Gasteiger charge is 2.37. The van der Waals surface area contributed by atoms with Gasteiger partial charge in [-0.25, -0.2) is 4.39 Å². The fourth-order valence-corrected chi connectivity index (χ4v) is 2.94. The van der Waals surface area contributed by atoms with E-state index in [1.807, 2.05) is 0 Å². The number of halogens is 2. The van der Waals surface area contributed by atoms with Crippen molar-refractivity contribution in [2.75, 3.05) is 19.8 Å². The van der Waals surface area contributed by atoms with Crippen molar-refractivity contribution in [1.29, 1.82) is 0 Å². The summed E-state index contributed by atoms with van der Waals surface area (Å²) in [6.07, 6.45) is 4.47. The van der Waals surface area contributed by atoms with Crippen LogP contribution in [0.2, 0.25) is 5.02 Å². The molecule has 0 aromatic heterocycles. The van der Waals surface area contributed by atoms with Crippen molar-refractivity contribution in [2.24, 2.45) is 5.41 Å². The molecular weight excluding hydrogens is 265 g/mol. The predicted molar refractivity (Wildman–Crippen MR) is 74.0 cm³/mol. The van der Waals surface area contributed by atoms with Gasteiger partial charge in [-0.3, -0.25) is 0 Å². The van der Waals surface area contributed by atoms with E-state index in [9.17, 15) is 4.39 Å². The molecule has 19 heavy (non-hydrogen) atoms. The maximum Gasteiger partial charge on any atom is 0.124 e. The molecule has 0 spiro atoms. The number of rotatable bonds is 5. The van der Waals surface area contributed by atoms with E-state index >= 15 is 0 Å². The molecule has 0 bridgehead atoms. The molecule has 1 saturated heterocycles. The topological polar surface area (TPSA) is 21.3 Å². The van der Waals surface area contributed by atoms with E-state index in [0.717, 1.165) is 38.2 Å². The fourth-order valence-electron chi connectivity index (χ4n) is 2.71. The molecule has 1 aliphatic carbocycles. The quantitative estimate of drug-likeness (QED) is 0.896. The van der Waals surface area contributed by atoms with Crippen LogP contribution in [0.15, 0.2) is 18.2 Å². The Kier molecular flexibility index (Phi) is 3.79. The van der Waals surface area contributed by atoms with E-state index in [4.69, 9.17) is 16.3 Å². The van der Waals surface area contributed by atoms with E-state index in [0.29, 0.717) is 11.1 Å². The van der Waals surface area contributed by atoms with Gasteiger partial charge in [0, 0.05) is 29.6 Å². The average Bonchev–Trinajstić information content (AvgIpc) is 3.11. The summed E-state index contributed by atoms with van der Waals surface area (Å²) in [5, 5.41) is 4.12. The van der Waals surface area contributed by atoms with Crippen molar-refractivity contribution in [2.45, 2.75) is 31.7 Å². The minimum atomic E-state index is -0.276. The molecule has 1 aromatic carbocycles. The molecule has 4 heteroatoms. The minimum absolute atomic E-state index is 0.115. The Labute approximate surface area is 118 Å². The lowest BCUT2D eigenvalue weighted by Gasteiger charge is -2.28. The van der Waals surface area contributed by atoms with Crippen LogP contribution in [0.5, 0.6) is 0 Å². The van der Waals surface area contributed by atoms with E-state index in [1.54, 1.807) is 6.07 Å². The van der Waals surface area contributed by atoms with Gasteiger partial charge >= 0.3 is 0 Å². The summed E-state index contributed by atoms with van der Waals surface area (Å²) in [7, 11) is 0. The third-order valence-corrected chi connectivity index (χ3v) is 4.46. The Morgan fingerprint density at radius 1 is 1.42 bits per heavy atom. The van der Waals surface area contributed by atoms with Crippen molar-refractivity contribution in [1.82, 2.24) is 5.32 Å². The normalized spacial score (nSPS) is 26.8. The van der Waals surface area contributed by atoms with E-state index in [2.05, 4.69) is 5.32 Å². The molecular formula is C15H19ClFNO. The predicted octanol–water partition coefficient (Wildman–Crippen LogP) is 3.18. The molecule has 1 unspecified atom stereocenters. The van der Waals surface area contributed by atoms with Crippen LogP contribution in [0.25, 0.3) is 0 Å². The summed E-state index contributed by atoms with van der Waals surface area (Å²) >= 11 is 6.14. The van der Waals surface area contributed by atoms with Crippen molar-refractivity contribution in [3.05, 3.63) is 34.6 Å². The number of hydrogen-bond donors (Lipinski definition) is 1. The molecule has 0 radical (unpaired) electrons. The molecule has 0 amide bonds. The second kappa shape index (κ2) is 5.39. The number of nitrogens with one attached hydrogen (secondary N) is 1. The van der Waals surface area contributed by atoms with Crippen molar-refractivity contribution >= 4 is 11.6 Å². The van der Waals surface area contributed by atoms with Crippen LogP contribution in [0.3, 0.4) is 0 Å². The van der Waals surface area contributed by atoms with Gasteiger partial charge < -0.3 is 10.1 Å². The third-order valence-electron chi connectivity index (χ3n) is 4.11. The van der Waals surface area contributed by atoms with Gasteiger partial charge in [0.1, 0.15) is 5.82 Å². The largest absolute Gasteiger partial charge is 0.381 e. The van der Waals surface area contributed by atoms with Crippen LogP contribution in [0, 0.1) is 11.2 Å². The first-order valence-electron chi connectivity index (χ1n) is 6.92. The van der Waals surface area contributed by atoms with Crippen LogP contribution < -0.4 is 5.32 Å². The number of benzene rings is 1. The minimum Gasteiger partial charge on any atom is -0.381 e. The zero-order valence-corrected chi connectivity index (χ0v) is 11.7. The molecule has 3 rings (SSSR count). The van der Waals surface area contributed by atoms with Gasteiger partial charge in [-0.05, 0) is 43.4 Å². The fraction of sp³-hybridized carbons (Fsp3) is 0.600. The molecule has 1 atom stereocenters. The van der Waals surface area contributed by atoms with Crippen molar-refractivity contribution in [3.8, 4) is 0 Å². The highest BCUT2D eigenvalue weighted by atomic mass is 35.5. The van der Waals surface area contributed by atoms with Crippen molar-refractivity contribution < 1.29 is 9.13 Å². The summed E-state index contributed by atoms with van der Waals surface area (Å²) < 4.78 is 18.7. The molecule has 104 valence electrons. The standard InChI is InChI=1S/C15H19ClFNO/c16-14-7-12(17)2-1-11(14)8-15(5-6-19-10-15)9-18-13-3-4-13/h1-2,7,13,18H,3-6,8-10H2. The summed E-state index contributed by atoms with van der Waals surface area (Å²) in [5.41, 5.74) is 1.13. The molecule has 1 aromatic rings. The highest BCUT2D eigenvalue weighted by molar-refractivity contribution is 6.31. The van der Waals surface area contributed by atoms with Crippen molar-refractivity contribution in [3.63, 3.8) is 0 Å². The average molecular weight is 284 g/mol.